The van der Waals surface area contributed by atoms with Crippen LogP contribution in [0.4, 0.5) is 0 Å². The molecule has 0 bridgehead atoms. The molecule has 0 N–H and O–H groups in total. The Hall–Kier alpha value is -4.17. The second kappa shape index (κ2) is 11.2. The molecule has 2 fully saturated rings. The van der Waals surface area contributed by atoms with Crippen LogP contribution < -0.4 is 0 Å². The molecule has 2 aliphatic heterocycles. The van der Waals surface area contributed by atoms with E-state index in [0.717, 1.165) is 16.7 Å². The van der Waals surface area contributed by atoms with Gasteiger partial charge in [-0.2, -0.15) is 0 Å². The molecule has 8 heteroatoms. The summed E-state index contributed by atoms with van der Waals surface area (Å²) < 4.78 is 11.1. The fourth-order valence-electron chi connectivity index (χ4n) is 6.73. The topological polar surface area (TPSA) is 90.0 Å². The number of thioether (sulfide) groups is 1. The number of nitrogens with zero attached hydrogens (tertiary/aromatic N) is 1. The van der Waals surface area contributed by atoms with Crippen LogP contribution in [-0.2, 0) is 35.3 Å². The number of carbonyl (C=O) groups is 4. The third-order valence-corrected chi connectivity index (χ3v) is 10.4. The van der Waals surface area contributed by atoms with Crippen LogP contribution >= 0.6 is 11.8 Å². The van der Waals surface area contributed by atoms with E-state index in [2.05, 4.69) is 0 Å². The van der Waals surface area contributed by atoms with Gasteiger partial charge in [-0.3, -0.25) is 9.59 Å². The van der Waals surface area contributed by atoms with Crippen LogP contribution in [0.3, 0.4) is 0 Å². The standard InChI is InChI=1S/C35H33NO6S/c1-22(37)27-26(30(38)41-21-23-13-7-4-8-14-23)19-20-35(27)32(40)36-29(34(2,3)43-33(35)36)31(39)42-28(24-15-9-5-10-16-24)25-17-11-6-12-18-25/h4-19,27-29,33H,20-21H2,1-3H3/t27?,29-,33+,35?/m0/s1. The number of carbonyl (C=O) groups excluding carboxylic acids is 4. The average molecular weight is 596 g/mol. The van der Waals surface area contributed by atoms with Gasteiger partial charge >= 0.3 is 11.9 Å². The van der Waals surface area contributed by atoms with Crippen molar-refractivity contribution in [1.29, 1.82) is 0 Å². The zero-order chi connectivity index (χ0) is 30.4. The number of allylic oxidation sites excluding steroid dienone is 1. The van der Waals surface area contributed by atoms with Gasteiger partial charge in [0.05, 0.1) is 16.7 Å². The Morgan fingerprint density at radius 3 is 2.02 bits per heavy atom. The summed E-state index contributed by atoms with van der Waals surface area (Å²) >= 11 is 1.48. The minimum atomic E-state index is -1.14. The van der Waals surface area contributed by atoms with Gasteiger partial charge in [-0.1, -0.05) is 97.1 Å². The molecule has 0 radical (unpaired) electrons. The van der Waals surface area contributed by atoms with Crippen molar-refractivity contribution in [3.05, 3.63) is 119 Å². The SMILES string of the molecule is CC(=O)C1C(C(=O)OCc2ccccc2)=CCC12C(=O)N1[C@@H](C(=O)OC(c3ccccc3)c3ccccc3)C(C)(C)S[C@@H]12. The van der Waals surface area contributed by atoms with E-state index in [1.807, 2.05) is 105 Å². The molecule has 6 rings (SSSR count). The summed E-state index contributed by atoms with van der Waals surface area (Å²) in [6, 6.07) is 27.4. The lowest BCUT2D eigenvalue weighted by Crippen LogP contribution is -2.71. The number of benzene rings is 3. The second-order valence-electron chi connectivity index (χ2n) is 11.8. The maximum atomic E-state index is 14.1. The first-order valence-corrected chi connectivity index (χ1v) is 15.3. The summed E-state index contributed by atoms with van der Waals surface area (Å²) in [4.78, 5) is 56.0. The Bertz CT molecular complexity index is 1550. The van der Waals surface area contributed by atoms with Crippen molar-refractivity contribution in [3.63, 3.8) is 0 Å². The molecule has 1 aliphatic carbocycles. The summed E-state index contributed by atoms with van der Waals surface area (Å²) in [5.41, 5.74) is 1.55. The van der Waals surface area contributed by atoms with Crippen LogP contribution in [0.15, 0.2) is 103 Å². The molecule has 3 aliphatic rings. The van der Waals surface area contributed by atoms with E-state index in [9.17, 15) is 19.2 Å². The number of rotatable bonds is 8. The molecule has 3 aromatic rings. The van der Waals surface area contributed by atoms with E-state index in [-0.39, 0.29) is 30.3 Å². The van der Waals surface area contributed by atoms with Crippen molar-refractivity contribution in [1.82, 2.24) is 4.90 Å². The molecule has 1 spiro atoms. The van der Waals surface area contributed by atoms with Crippen LogP contribution in [0.25, 0.3) is 0 Å². The van der Waals surface area contributed by atoms with E-state index >= 15 is 0 Å². The first kappa shape index (κ1) is 28.9. The maximum Gasteiger partial charge on any atom is 0.334 e. The molecular formula is C35H33NO6S. The van der Waals surface area contributed by atoms with Gasteiger partial charge in [0.25, 0.3) is 0 Å². The van der Waals surface area contributed by atoms with Gasteiger partial charge in [-0.15, -0.1) is 11.8 Å². The van der Waals surface area contributed by atoms with Gasteiger partial charge in [-0.05, 0) is 43.9 Å². The van der Waals surface area contributed by atoms with Crippen molar-refractivity contribution in [2.45, 2.75) is 56.1 Å². The van der Waals surface area contributed by atoms with Crippen LogP contribution in [0.5, 0.6) is 0 Å². The largest absolute Gasteiger partial charge is 0.457 e. The molecule has 0 saturated carbocycles. The normalized spacial score (nSPS) is 25.2. The Kier molecular flexibility index (Phi) is 7.50. The predicted molar refractivity (Wildman–Crippen MR) is 162 cm³/mol. The third-order valence-electron chi connectivity index (χ3n) is 8.68. The zero-order valence-electron chi connectivity index (χ0n) is 24.3. The van der Waals surface area contributed by atoms with E-state index in [0.29, 0.717) is 0 Å². The van der Waals surface area contributed by atoms with Crippen molar-refractivity contribution < 1.29 is 28.7 Å². The summed E-state index contributed by atoms with van der Waals surface area (Å²) in [7, 11) is 0. The quantitative estimate of drug-likeness (QED) is 0.246. The van der Waals surface area contributed by atoms with Crippen LogP contribution in [0, 0.1) is 11.3 Å². The molecule has 2 saturated heterocycles. The first-order valence-electron chi connectivity index (χ1n) is 14.4. The number of esters is 2. The van der Waals surface area contributed by atoms with Crippen LogP contribution in [-0.4, -0.2) is 44.7 Å². The summed E-state index contributed by atoms with van der Waals surface area (Å²) in [6.45, 7) is 5.32. The van der Waals surface area contributed by atoms with Crippen LogP contribution in [0.1, 0.15) is 50.0 Å². The second-order valence-corrected chi connectivity index (χ2v) is 13.6. The van der Waals surface area contributed by atoms with Gasteiger partial charge in [0, 0.05) is 10.3 Å². The Labute approximate surface area is 255 Å². The van der Waals surface area contributed by atoms with E-state index in [1.54, 1.807) is 11.0 Å². The molecule has 3 aromatic carbocycles. The third kappa shape index (κ3) is 4.87. The number of fused-ring (bicyclic) bond motifs is 2. The lowest BCUT2D eigenvalue weighted by molar-refractivity contribution is -0.181. The van der Waals surface area contributed by atoms with Crippen molar-refractivity contribution in [2.75, 3.05) is 0 Å². The molecule has 220 valence electrons. The lowest BCUT2D eigenvalue weighted by atomic mass is 9.65. The first-order chi connectivity index (χ1) is 20.6. The van der Waals surface area contributed by atoms with Crippen LogP contribution in [0.2, 0.25) is 0 Å². The fourth-order valence-corrected chi connectivity index (χ4v) is 8.52. The average Bonchev–Trinajstić information content (AvgIpc) is 3.56. The minimum absolute atomic E-state index is 0.0673. The Morgan fingerprint density at radius 2 is 1.47 bits per heavy atom. The van der Waals surface area contributed by atoms with Gasteiger partial charge in [0.1, 0.15) is 18.4 Å². The molecule has 43 heavy (non-hydrogen) atoms. The van der Waals surface area contributed by atoms with E-state index in [4.69, 9.17) is 9.47 Å². The Morgan fingerprint density at radius 1 is 0.907 bits per heavy atom. The number of Topliss-reactive ketones (excluding diaryl/α,β-unsaturated/α-hetero) is 1. The molecule has 2 heterocycles. The lowest BCUT2D eigenvalue weighted by Gasteiger charge is -2.54. The summed E-state index contributed by atoms with van der Waals surface area (Å²) in [5.74, 6) is -2.63. The van der Waals surface area contributed by atoms with Crippen molar-refractivity contribution in [2.24, 2.45) is 11.3 Å². The maximum absolute atomic E-state index is 14.1. The number of hydrogen-bond acceptors (Lipinski definition) is 7. The number of amides is 1. The predicted octanol–water partition coefficient (Wildman–Crippen LogP) is 5.65. The molecule has 1 amide bonds. The van der Waals surface area contributed by atoms with E-state index < -0.39 is 45.5 Å². The zero-order valence-corrected chi connectivity index (χ0v) is 25.1. The molecule has 4 atom stereocenters. The number of ether oxygens (including phenoxy) is 2. The fraction of sp³-hybridized carbons (Fsp3) is 0.314. The highest BCUT2D eigenvalue weighted by atomic mass is 32.2. The van der Waals surface area contributed by atoms with Gasteiger partial charge in [0.2, 0.25) is 5.91 Å². The number of ketones is 1. The summed E-state index contributed by atoms with van der Waals surface area (Å²) in [6.07, 6.45) is 1.26. The summed E-state index contributed by atoms with van der Waals surface area (Å²) in [5, 5.41) is -0.468. The molecule has 7 nitrogen and oxygen atoms in total. The van der Waals surface area contributed by atoms with Gasteiger partial charge in [-0.25, -0.2) is 9.59 Å². The monoisotopic (exact) mass is 595 g/mol. The molecular weight excluding hydrogens is 562 g/mol. The number of hydrogen-bond donors (Lipinski definition) is 0. The van der Waals surface area contributed by atoms with E-state index in [1.165, 1.54) is 18.7 Å². The molecule has 2 unspecified atom stereocenters. The number of β-lactam (4-membered cyclic amide) rings is 1. The molecule has 0 aromatic heterocycles. The van der Waals surface area contributed by atoms with Crippen molar-refractivity contribution >= 4 is 35.4 Å². The Balaban J connectivity index is 1.24. The minimum Gasteiger partial charge on any atom is -0.457 e. The smallest absolute Gasteiger partial charge is 0.334 e. The van der Waals surface area contributed by atoms with Crippen molar-refractivity contribution in [3.8, 4) is 0 Å². The highest BCUT2D eigenvalue weighted by Gasteiger charge is 2.75. The van der Waals surface area contributed by atoms with Gasteiger partial charge < -0.3 is 14.4 Å². The highest BCUT2D eigenvalue weighted by Crippen LogP contribution is 2.66. The highest BCUT2D eigenvalue weighted by molar-refractivity contribution is 8.01. The van der Waals surface area contributed by atoms with Gasteiger partial charge in [0.15, 0.2) is 6.10 Å².